The summed E-state index contributed by atoms with van der Waals surface area (Å²) in [6.45, 7) is 1.92. The number of fused-ring (bicyclic) bond motifs is 5. The Bertz CT molecular complexity index is 746. The lowest BCUT2D eigenvalue weighted by atomic mass is 9.55. The molecular formula is C18H22O3. The first-order chi connectivity index (χ1) is 11.2. The fourth-order valence-corrected chi connectivity index (χ4v) is 4.89. The monoisotopic (exact) mass is 289 g/mol. The van der Waals surface area contributed by atoms with Gasteiger partial charge in [0.1, 0.15) is 5.78 Å². The third-order valence-electron chi connectivity index (χ3n) is 6.11. The molecule has 4 atom stereocenters. The number of phenolic OH excluding ortho intramolecular Hbond substituents is 2. The second-order valence-electron chi connectivity index (χ2n) is 7.02. The van der Waals surface area contributed by atoms with E-state index in [9.17, 15) is 15.0 Å². The molecule has 2 saturated carbocycles. The highest BCUT2D eigenvalue weighted by molar-refractivity contribution is 5.87. The Morgan fingerprint density at radius 3 is 2.95 bits per heavy atom. The molecule has 112 valence electrons. The van der Waals surface area contributed by atoms with Crippen molar-refractivity contribution in [2.45, 2.75) is 51.3 Å². The normalized spacial score (nSPS) is 42.2. The smallest absolute Gasteiger partial charge is 0.157 e. The summed E-state index contributed by atoms with van der Waals surface area (Å²) in [6.07, 6.45) is 1.37. The molecule has 0 heterocycles. The fourth-order valence-electron chi connectivity index (χ4n) is 4.89. The van der Waals surface area contributed by atoms with E-state index in [1.165, 1.54) is 0 Å². The van der Waals surface area contributed by atoms with E-state index >= 15 is 0 Å². The summed E-state index contributed by atoms with van der Waals surface area (Å²) < 4.78 is 24.2. The molecule has 0 bridgehead atoms. The van der Waals surface area contributed by atoms with Crippen molar-refractivity contribution < 1.29 is 19.1 Å². The topological polar surface area (TPSA) is 57.5 Å². The number of Topliss-reactive ketones (excluding diaryl/α,β-unsaturated/α-hetero) is 1. The van der Waals surface area contributed by atoms with Crippen LogP contribution < -0.4 is 0 Å². The van der Waals surface area contributed by atoms with Gasteiger partial charge in [-0.05, 0) is 73.1 Å². The zero-order valence-electron chi connectivity index (χ0n) is 15.1. The van der Waals surface area contributed by atoms with Crippen molar-refractivity contribution in [1.82, 2.24) is 0 Å². The molecule has 21 heavy (non-hydrogen) atoms. The Balaban J connectivity index is 1.78. The maximum Gasteiger partial charge on any atom is 0.157 e. The number of rotatable bonds is 0. The molecule has 0 spiro atoms. The number of carbonyl (C=O) groups excluding carboxylic acids is 1. The van der Waals surface area contributed by atoms with Crippen molar-refractivity contribution >= 4 is 5.78 Å². The fraction of sp³-hybridized carbons (Fsp3) is 0.611. The molecule has 3 nitrogen and oxygen atoms in total. The molecule has 2 fully saturated rings. The lowest BCUT2D eigenvalue weighted by molar-refractivity contribution is -0.129. The molecule has 1 aromatic rings. The Morgan fingerprint density at radius 2 is 2.14 bits per heavy atom. The number of phenols is 2. The molecule has 4 rings (SSSR count). The summed E-state index contributed by atoms with van der Waals surface area (Å²) in [4.78, 5) is 12.6. The van der Waals surface area contributed by atoms with Gasteiger partial charge in [0.25, 0.3) is 0 Å². The Morgan fingerprint density at radius 1 is 1.33 bits per heavy atom. The van der Waals surface area contributed by atoms with E-state index in [4.69, 9.17) is 4.11 Å². The van der Waals surface area contributed by atoms with E-state index < -0.39 is 11.8 Å². The first-order valence-electron chi connectivity index (χ1n) is 9.26. The second-order valence-corrected chi connectivity index (χ2v) is 7.02. The molecule has 0 aromatic heterocycles. The zero-order valence-corrected chi connectivity index (χ0v) is 12.1. The average molecular weight is 289 g/mol. The largest absolute Gasteiger partial charge is 0.504 e. The average Bonchev–Trinajstić information content (AvgIpc) is 2.72. The van der Waals surface area contributed by atoms with Crippen LogP contribution in [0, 0.1) is 17.3 Å². The van der Waals surface area contributed by atoms with Gasteiger partial charge < -0.3 is 10.2 Å². The van der Waals surface area contributed by atoms with Crippen molar-refractivity contribution in [3.05, 3.63) is 23.2 Å². The van der Waals surface area contributed by atoms with Crippen LogP contribution in [0.4, 0.5) is 0 Å². The third-order valence-corrected chi connectivity index (χ3v) is 6.11. The van der Waals surface area contributed by atoms with Crippen LogP contribution in [0.1, 0.15) is 60.1 Å². The van der Waals surface area contributed by atoms with Gasteiger partial charge in [-0.25, -0.2) is 0 Å². The lowest BCUT2D eigenvalue weighted by Crippen LogP contribution is -2.42. The van der Waals surface area contributed by atoms with Crippen molar-refractivity contribution in [3.8, 4) is 11.5 Å². The minimum Gasteiger partial charge on any atom is -0.504 e. The maximum atomic E-state index is 12.6. The van der Waals surface area contributed by atoms with Crippen LogP contribution >= 0.6 is 0 Å². The van der Waals surface area contributed by atoms with E-state index in [1.54, 1.807) is 6.07 Å². The molecule has 0 aliphatic heterocycles. The van der Waals surface area contributed by atoms with Crippen LogP contribution in [0.2, 0.25) is 0 Å². The predicted molar refractivity (Wildman–Crippen MR) is 79.4 cm³/mol. The zero-order chi connectivity index (χ0) is 17.4. The van der Waals surface area contributed by atoms with Gasteiger partial charge in [0.2, 0.25) is 0 Å². The molecule has 0 unspecified atom stereocenters. The first-order valence-corrected chi connectivity index (χ1v) is 7.76. The summed E-state index contributed by atoms with van der Waals surface area (Å²) in [5.74, 6) is -0.535. The standard InChI is InChI=1S/C18H22O3/c1-18-7-6-11-12(14(18)4-5-17(18)21)3-2-10-8-15(19)16(20)9-13(10)11/h8-9,11-12,14,19-20H,2-7H2,1H3/t11-,12+,14-,18-/m0/s1/i5D2,8D. The third kappa shape index (κ3) is 1.69. The molecule has 3 aliphatic carbocycles. The van der Waals surface area contributed by atoms with E-state index in [-0.39, 0.29) is 47.5 Å². The molecule has 0 amide bonds. The van der Waals surface area contributed by atoms with E-state index in [0.717, 1.165) is 24.0 Å². The SMILES string of the molecule is [2H]c1c(O)c(O)cc2c1CC[C@@H]1[C@@H]2CC[C@]2(C)C(=O)C([2H])([2H])C[C@@H]12. The molecule has 0 radical (unpaired) electrons. The number of hydrogen-bond donors (Lipinski definition) is 2. The van der Waals surface area contributed by atoms with Gasteiger partial charge in [0.05, 0.1) is 1.37 Å². The highest BCUT2D eigenvalue weighted by Gasteiger charge is 2.54. The number of carbonyl (C=O) groups is 1. The predicted octanol–water partition coefficient (Wildman–Crippen LogP) is 3.52. The van der Waals surface area contributed by atoms with Gasteiger partial charge in [-0.15, -0.1) is 0 Å². The van der Waals surface area contributed by atoms with Crippen LogP contribution in [0.3, 0.4) is 0 Å². The second kappa shape index (κ2) is 4.25. The highest BCUT2D eigenvalue weighted by Crippen LogP contribution is 2.59. The van der Waals surface area contributed by atoms with Crippen molar-refractivity contribution in [2.24, 2.45) is 17.3 Å². The molecule has 0 saturated heterocycles. The Kier molecular flexibility index (Phi) is 2.07. The van der Waals surface area contributed by atoms with Crippen molar-refractivity contribution in [2.75, 3.05) is 0 Å². The molecule has 3 heteroatoms. The summed E-state index contributed by atoms with van der Waals surface area (Å²) in [6, 6.07) is 1.59. The van der Waals surface area contributed by atoms with Crippen LogP contribution in [0.5, 0.6) is 11.5 Å². The van der Waals surface area contributed by atoms with E-state index in [0.29, 0.717) is 12.8 Å². The molecule has 1 aromatic carbocycles. The number of aromatic hydroxyl groups is 2. The van der Waals surface area contributed by atoms with Crippen LogP contribution in [0.15, 0.2) is 12.1 Å². The van der Waals surface area contributed by atoms with Gasteiger partial charge in [-0.2, -0.15) is 0 Å². The van der Waals surface area contributed by atoms with Crippen LogP contribution in [-0.4, -0.2) is 16.0 Å². The van der Waals surface area contributed by atoms with Crippen molar-refractivity contribution in [3.63, 3.8) is 0 Å². The summed E-state index contributed by atoms with van der Waals surface area (Å²) >= 11 is 0. The number of ketones is 1. The summed E-state index contributed by atoms with van der Waals surface area (Å²) in [5.41, 5.74) is 1.11. The lowest BCUT2D eigenvalue weighted by Gasteiger charge is -2.48. The molecular weight excluding hydrogens is 264 g/mol. The van der Waals surface area contributed by atoms with Crippen molar-refractivity contribution in [1.29, 1.82) is 0 Å². The summed E-state index contributed by atoms with van der Waals surface area (Å²) in [7, 11) is 0. The maximum absolute atomic E-state index is 12.6. The van der Waals surface area contributed by atoms with Gasteiger partial charge in [0.15, 0.2) is 11.5 Å². The van der Waals surface area contributed by atoms with E-state index in [2.05, 4.69) is 0 Å². The Labute approximate surface area is 129 Å². The Hall–Kier alpha value is -1.51. The minimum absolute atomic E-state index is 0.00890. The number of benzene rings is 1. The first kappa shape index (κ1) is 10.3. The van der Waals surface area contributed by atoms with Gasteiger partial charge >= 0.3 is 0 Å². The van der Waals surface area contributed by atoms with Gasteiger partial charge in [-0.1, -0.05) is 6.92 Å². The minimum atomic E-state index is -1.74. The van der Waals surface area contributed by atoms with Crippen LogP contribution in [0.25, 0.3) is 0 Å². The highest BCUT2D eigenvalue weighted by atomic mass is 16.3. The molecule has 2 N–H and O–H groups in total. The molecule has 3 aliphatic rings. The van der Waals surface area contributed by atoms with E-state index in [1.807, 2.05) is 6.92 Å². The van der Waals surface area contributed by atoms with Gasteiger partial charge in [-0.3, -0.25) is 4.79 Å². The van der Waals surface area contributed by atoms with Gasteiger partial charge in [0, 0.05) is 14.5 Å². The summed E-state index contributed by atoms with van der Waals surface area (Å²) in [5, 5.41) is 19.7. The van der Waals surface area contributed by atoms with Crippen LogP contribution in [-0.2, 0) is 11.2 Å². The number of hydrogen-bond acceptors (Lipinski definition) is 3. The quantitative estimate of drug-likeness (QED) is 0.718.